The summed E-state index contributed by atoms with van der Waals surface area (Å²) in [6.07, 6.45) is 5.82. The van der Waals surface area contributed by atoms with E-state index in [1.54, 1.807) is 6.20 Å². The van der Waals surface area contributed by atoms with Crippen molar-refractivity contribution < 1.29 is 9.59 Å². The van der Waals surface area contributed by atoms with Crippen molar-refractivity contribution in [1.82, 2.24) is 14.9 Å². The molecule has 7 nitrogen and oxygen atoms in total. The number of ketones is 1. The first-order valence-corrected chi connectivity index (χ1v) is 11.2. The maximum atomic E-state index is 12.8. The van der Waals surface area contributed by atoms with Gasteiger partial charge in [0.2, 0.25) is 5.91 Å². The molecule has 1 atom stereocenters. The number of pyridine rings is 1. The second kappa shape index (κ2) is 8.59. The predicted octanol–water partition coefficient (Wildman–Crippen LogP) is 4.37. The van der Waals surface area contributed by atoms with Crippen molar-refractivity contribution in [1.29, 1.82) is 0 Å². The minimum absolute atomic E-state index is 0.0294. The molecule has 3 N–H and O–H groups in total. The highest BCUT2D eigenvalue weighted by Crippen LogP contribution is 2.39. The lowest BCUT2D eigenvalue weighted by atomic mass is 9.95. The van der Waals surface area contributed by atoms with Gasteiger partial charge in [0.15, 0.2) is 5.78 Å². The van der Waals surface area contributed by atoms with E-state index < -0.39 is 0 Å². The van der Waals surface area contributed by atoms with Crippen LogP contribution in [0.1, 0.15) is 41.7 Å². The third-order valence-electron chi connectivity index (χ3n) is 6.35. The Hall–Kier alpha value is -3.45. The Bertz CT molecular complexity index is 1150. The van der Waals surface area contributed by atoms with Gasteiger partial charge in [-0.1, -0.05) is 18.2 Å². The summed E-state index contributed by atoms with van der Waals surface area (Å²) in [5, 5.41) is 6.43. The van der Waals surface area contributed by atoms with Crippen molar-refractivity contribution in [2.45, 2.75) is 38.1 Å². The summed E-state index contributed by atoms with van der Waals surface area (Å²) in [6.45, 7) is 0.933. The average molecular weight is 430 g/mol. The summed E-state index contributed by atoms with van der Waals surface area (Å²) in [4.78, 5) is 35.4. The number of anilines is 3. The van der Waals surface area contributed by atoms with Crippen LogP contribution < -0.4 is 10.6 Å². The van der Waals surface area contributed by atoms with Crippen molar-refractivity contribution >= 4 is 28.9 Å². The van der Waals surface area contributed by atoms with E-state index in [9.17, 15) is 9.59 Å². The number of nitrogens with zero attached hydrogens (tertiary/aromatic N) is 2. The molecule has 1 aliphatic carbocycles. The Balaban J connectivity index is 1.50. The van der Waals surface area contributed by atoms with Gasteiger partial charge >= 0.3 is 0 Å². The third kappa shape index (κ3) is 3.91. The Morgan fingerprint density at radius 3 is 2.78 bits per heavy atom. The molecular formula is C25H27N5O2. The Morgan fingerprint density at radius 1 is 1.16 bits per heavy atom. The van der Waals surface area contributed by atoms with Crippen LogP contribution in [0.3, 0.4) is 0 Å². The number of benzene rings is 1. The molecule has 1 aromatic carbocycles. The van der Waals surface area contributed by atoms with Crippen LogP contribution in [0.2, 0.25) is 0 Å². The van der Waals surface area contributed by atoms with Crippen LogP contribution in [-0.4, -0.2) is 46.2 Å². The van der Waals surface area contributed by atoms with Gasteiger partial charge in [-0.25, -0.2) is 4.98 Å². The lowest BCUT2D eigenvalue weighted by Gasteiger charge is -2.18. The largest absolute Gasteiger partial charge is 0.356 e. The maximum absolute atomic E-state index is 12.8. The van der Waals surface area contributed by atoms with Crippen molar-refractivity contribution in [3.63, 3.8) is 0 Å². The van der Waals surface area contributed by atoms with Crippen LogP contribution in [0.5, 0.6) is 0 Å². The second-order valence-electron chi connectivity index (χ2n) is 8.55. The molecule has 0 bridgehead atoms. The molecule has 3 heterocycles. The SMILES string of the molecule is CN1CCC[C@@H]1C(=O)Nc1cc(-c2[nH]c3c(c2Nc2ccccc2)C(=O)CCC3)ccn1. The van der Waals surface area contributed by atoms with E-state index in [1.165, 1.54) is 0 Å². The molecule has 1 aliphatic heterocycles. The minimum Gasteiger partial charge on any atom is -0.356 e. The summed E-state index contributed by atoms with van der Waals surface area (Å²) in [6, 6.07) is 13.5. The van der Waals surface area contributed by atoms with E-state index in [0.29, 0.717) is 12.2 Å². The summed E-state index contributed by atoms with van der Waals surface area (Å²) in [7, 11) is 1.98. The van der Waals surface area contributed by atoms with Gasteiger partial charge in [0.25, 0.3) is 0 Å². The van der Waals surface area contributed by atoms with Crippen LogP contribution in [0, 0.1) is 0 Å². The third-order valence-corrected chi connectivity index (χ3v) is 6.35. The first-order chi connectivity index (χ1) is 15.6. The van der Waals surface area contributed by atoms with Gasteiger partial charge in [-0.2, -0.15) is 0 Å². The second-order valence-corrected chi connectivity index (χ2v) is 8.55. The number of rotatable bonds is 5. The van der Waals surface area contributed by atoms with Gasteiger partial charge in [0.05, 0.1) is 23.0 Å². The van der Waals surface area contributed by atoms with Crippen molar-refractivity contribution in [2.24, 2.45) is 0 Å². The van der Waals surface area contributed by atoms with E-state index in [-0.39, 0.29) is 17.7 Å². The molecule has 0 saturated carbocycles. The van der Waals surface area contributed by atoms with Gasteiger partial charge in [-0.3, -0.25) is 14.5 Å². The molecule has 3 aromatic rings. The van der Waals surface area contributed by atoms with Crippen molar-refractivity contribution in [3.8, 4) is 11.3 Å². The highest BCUT2D eigenvalue weighted by Gasteiger charge is 2.29. The number of nitrogens with one attached hydrogen (secondary N) is 3. The number of likely N-dealkylation sites (tertiary alicyclic amines) is 1. The van der Waals surface area contributed by atoms with Gasteiger partial charge in [0.1, 0.15) is 5.82 Å². The Labute approximate surface area is 187 Å². The molecule has 0 spiro atoms. The first-order valence-electron chi connectivity index (χ1n) is 11.2. The molecule has 0 radical (unpaired) electrons. The molecule has 164 valence electrons. The average Bonchev–Trinajstić information content (AvgIpc) is 3.39. The van der Waals surface area contributed by atoms with Crippen molar-refractivity contribution in [2.75, 3.05) is 24.2 Å². The fourth-order valence-corrected chi connectivity index (χ4v) is 4.71. The number of para-hydroxylation sites is 1. The Morgan fingerprint density at radius 2 is 2.00 bits per heavy atom. The molecule has 32 heavy (non-hydrogen) atoms. The lowest BCUT2D eigenvalue weighted by Crippen LogP contribution is -2.37. The molecule has 1 fully saturated rings. The van der Waals surface area contributed by atoms with Crippen molar-refractivity contribution in [3.05, 3.63) is 59.9 Å². The molecule has 7 heteroatoms. The quantitative estimate of drug-likeness (QED) is 0.560. The molecule has 2 aromatic heterocycles. The number of amides is 1. The number of aromatic nitrogens is 2. The number of likely N-dealkylation sites (N-methyl/N-ethyl adjacent to an activating group) is 1. The zero-order chi connectivity index (χ0) is 22.1. The number of H-pyrrole nitrogens is 1. The summed E-state index contributed by atoms with van der Waals surface area (Å²) >= 11 is 0. The lowest BCUT2D eigenvalue weighted by molar-refractivity contribution is -0.119. The number of aryl methyl sites for hydroxylation is 1. The molecule has 5 rings (SSSR count). The first kappa shape index (κ1) is 20.5. The predicted molar refractivity (Wildman–Crippen MR) is 125 cm³/mol. The number of fused-ring (bicyclic) bond motifs is 1. The fourth-order valence-electron chi connectivity index (χ4n) is 4.71. The van der Waals surface area contributed by atoms with Crippen LogP contribution in [0.25, 0.3) is 11.3 Å². The molecule has 0 unspecified atom stereocenters. The molecule has 1 saturated heterocycles. The number of aromatic amines is 1. The normalized spacial score (nSPS) is 18.4. The van der Waals surface area contributed by atoms with Gasteiger partial charge in [-0.05, 0) is 63.5 Å². The van der Waals surface area contributed by atoms with Crippen LogP contribution >= 0.6 is 0 Å². The van der Waals surface area contributed by atoms with E-state index in [1.807, 2.05) is 49.5 Å². The number of hydrogen-bond donors (Lipinski definition) is 3. The molecule has 2 aliphatic rings. The topological polar surface area (TPSA) is 90.1 Å². The number of carbonyl (C=O) groups is 2. The number of carbonyl (C=O) groups excluding carboxylic acids is 2. The highest BCUT2D eigenvalue weighted by molar-refractivity contribution is 6.07. The molecule has 1 amide bonds. The van der Waals surface area contributed by atoms with Gasteiger partial charge in [-0.15, -0.1) is 0 Å². The number of Topliss-reactive ketones (excluding diaryl/α,β-unsaturated/α-hetero) is 1. The highest BCUT2D eigenvalue weighted by atomic mass is 16.2. The smallest absolute Gasteiger partial charge is 0.242 e. The minimum atomic E-state index is -0.119. The zero-order valence-corrected chi connectivity index (χ0v) is 18.1. The van der Waals surface area contributed by atoms with E-state index in [2.05, 4.69) is 25.5 Å². The zero-order valence-electron chi connectivity index (χ0n) is 18.1. The van der Waals surface area contributed by atoms with Crippen LogP contribution in [0.15, 0.2) is 48.7 Å². The summed E-state index contributed by atoms with van der Waals surface area (Å²) in [5.41, 5.74) is 5.12. The van der Waals surface area contributed by atoms with Crippen LogP contribution in [0.4, 0.5) is 17.2 Å². The maximum Gasteiger partial charge on any atom is 0.242 e. The van der Waals surface area contributed by atoms with Crippen LogP contribution in [-0.2, 0) is 11.2 Å². The summed E-state index contributed by atoms with van der Waals surface area (Å²) in [5.74, 6) is 0.634. The van der Waals surface area contributed by atoms with E-state index in [0.717, 1.165) is 66.1 Å². The summed E-state index contributed by atoms with van der Waals surface area (Å²) < 4.78 is 0. The monoisotopic (exact) mass is 429 g/mol. The fraction of sp³-hybridized carbons (Fsp3) is 0.320. The Kier molecular flexibility index (Phi) is 5.49. The van der Waals surface area contributed by atoms with Gasteiger partial charge < -0.3 is 15.6 Å². The van der Waals surface area contributed by atoms with E-state index >= 15 is 0 Å². The van der Waals surface area contributed by atoms with Gasteiger partial charge in [0, 0.05) is 29.6 Å². The van der Waals surface area contributed by atoms with E-state index in [4.69, 9.17) is 0 Å². The molecular weight excluding hydrogens is 402 g/mol. The number of hydrogen-bond acceptors (Lipinski definition) is 5. The standard InChI is InChI=1S/C25H27N5O2/c1-30-14-6-10-19(30)25(32)29-21-15-16(12-13-26-21)23-24(27-17-7-3-2-4-8-17)22-18(28-23)9-5-11-20(22)31/h2-4,7-8,12-13,15,19,27-28H,5-6,9-11,14H2,1H3,(H,26,29,32)/t19-/m1/s1.